The zero-order chi connectivity index (χ0) is 21.0. The zero-order valence-electron chi connectivity index (χ0n) is 16.5. The predicted molar refractivity (Wildman–Crippen MR) is 117 cm³/mol. The van der Waals surface area contributed by atoms with Crippen molar-refractivity contribution in [2.75, 3.05) is 11.4 Å². The highest BCUT2D eigenvalue weighted by atomic mass is 35.5. The van der Waals surface area contributed by atoms with Gasteiger partial charge in [-0.25, -0.2) is 4.98 Å². The van der Waals surface area contributed by atoms with Crippen LogP contribution >= 0.6 is 22.9 Å². The molecule has 2 heterocycles. The highest BCUT2D eigenvalue weighted by molar-refractivity contribution is 7.14. The van der Waals surface area contributed by atoms with Gasteiger partial charge in [-0.1, -0.05) is 55.8 Å². The topological polar surface area (TPSA) is 70.5 Å². The van der Waals surface area contributed by atoms with E-state index >= 15 is 0 Å². The summed E-state index contributed by atoms with van der Waals surface area (Å²) < 4.78 is 0. The number of anilines is 1. The van der Waals surface area contributed by atoms with Crippen LogP contribution in [-0.4, -0.2) is 28.5 Å². The van der Waals surface area contributed by atoms with Gasteiger partial charge in [0.15, 0.2) is 5.13 Å². The number of amides is 1. The Labute approximate surface area is 180 Å². The highest BCUT2D eigenvalue weighted by Crippen LogP contribution is 2.35. The lowest BCUT2D eigenvalue weighted by Crippen LogP contribution is -2.41. The van der Waals surface area contributed by atoms with Crippen LogP contribution in [0, 0.1) is 17.8 Å². The number of benzene rings is 1. The number of carbonyl (C=O) groups is 2. The van der Waals surface area contributed by atoms with Gasteiger partial charge in [0, 0.05) is 22.5 Å². The van der Waals surface area contributed by atoms with Crippen LogP contribution in [0.25, 0.3) is 11.3 Å². The molecular formula is C22H25ClN2O3S. The maximum atomic E-state index is 13.4. The molecule has 1 amide bonds. The molecule has 1 aliphatic heterocycles. The standard InChI is InChI=1S/C22H25ClN2O3S/c1-14(2)11-15-7-5-6-10-25(21(28)17(15)12-20(26)27)22-24-19(13-29-22)16-8-3-4-9-18(16)23/h3-6,8-9,13-15,17H,7,10-12H2,1-2H3,(H,26,27)/t15-,17+/m1/s1. The lowest BCUT2D eigenvalue weighted by atomic mass is 9.79. The summed E-state index contributed by atoms with van der Waals surface area (Å²) in [6.07, 6.45) is 5.40. The fourth-order valence-electron chi connectivity index (χ4n) is 3.77. The number of rotatable bonds is 6. The molecule has 7 heteroatoms. The van der Waals surface area contributed by atoms with Crippen LogP contribution < -0.4 is 4.90 Å². The molecule has 0 radical (unpaired) electrons. The molecule has 1 aromatic carbocycles. The second kappa shape index (κ2) is 9.55. The van der Waals surface area contributed by atoms with Crippen LogP contribution in [-0.2, 0) is 9.59 Å². The maximum absolute atomic E-state index is 13.4. The third-order valence-corrected chi connectivity index (χ3v) is 6.28. The summed E-state index contributed by atoms with van der Waals surface area (Å²) in [5.74, 6) is -1.29. The number of nitrogens with zero attached hydrogens (tertiary/aromatic N) is 2. The summed E-state index contributed by atoms with van der Waals surface area (Å²) in [6, 6.07) is 7.45. The van der Waals surface area contributed by atoms with E-state index < -0.39 is 11.9 Å². The van der Waals surface area contributed by atoms with Gasteiger partial charge in [0.1, 0.15) is 0 Å². The average molecular weight is 433 g/mol. The fourth-order valence-corrected chi connectivity index (χ4v) is 4.84. The van der Waals surface area contributed by atoms with Crippen molar-refractivity contribution in [3.63, 3.8) is 0 Å². The molecule has 3 rings (SSSR count). The third kappa shape index (κ3) is 5.25. The number of hydrogen-bond donors (Lipinski definition) is 1. The molecule has 0 saturated heterocycles. The molecule has 2 aromatic rings. The van der Waals surface area contributed by atoms with Crippen molar-refractivity contribution in [3.8, 4) is 11.3 Å². The lowest BCUT2D eigenvalue weighted by Gasteiger charge is -2.31. The second-order valence-electron chi connectivity index (χ2n) is 7.75. The van der Waals surface area contributed by atoms with Gasteiger partial charge >= 0.3 is 5.97 Å². The van der Waals surface area contributed by atoms with Crippen LogP contribution in [0.3, 0.4) is 0 Å². The molecule has 0 spiro atoms. The maximum Gasteiger partial charge on any atom is 0.304 e. The molecular weight excluding hydrogens is 408 g/mol. The Morgan fingerprint density at radius 2 is 2.10 bits per heavy atom. The van der Waals surface area contributed by atoms with Crippen molar-refractivity contribution in [1.29, 1.82) is 0 Å². The van der Waals surface area contributed by atoms with Gasteiger partial charge in [-0.2, -0.15) is 0 Å². The molecule has 29 heavy (non-hydrogen) atoms. The Morgan fingerprint density at radius 3 is 2.79 bits per heavy atom. The number of thiazole rings is 1. The number of aromatic nitrogens is 1. The van der Waals surface area contributed by atoms with Gasteiger partial charge in [0.2, 0.25) is 5.91 Å². The third-order valence-electron chi connectivity index (χ3n) is 5.09. The minimum Gasteiger partial charge on any atom is -0.481 e. The van der Waals surface area contributed by atoms with E-state index in [-0.39, 0.29) is 18.2 Å². The number of aliphatic carboxylic acids is 1. The summed E-state index contributed by atoms with van der Waals surface area (Å²) in [6.45, 7) is 4.58. The van der Waals surface area contributed by atoms with Crippen molar-refractivity contribution < 1.29 is 14.7 Å². The number of carbonyl (C=O) groups excluding carboxylic acids is 1. The Bertz CT molecular complexity index is 909. The van der Waals surface area contributed by atoms with E-state index in [0.717, 1.165) is 18.4 Å². The summed E-state index contributed by atoms with van der Waals surface area (Å²) in [4.78, 5) is 31.2. The minimum absolute atomic E-state index is 0.000602. The SMILES string of the molecule is CC(C)C[C@H]1CC=CCN(c2nc(-c3ccccc3Cl)cs2)C(=O)[C@H]1CC(=O)O. The second-order valence-corrected chi connectivity index (χ2v) is 8.99. The molecule has 1 aromatic heterocycles. The van der Waals surface area contributed by atoms with Crippen molar-refractivity contribution in [1.82, 2.24) is 4.98 Å². The summed E-state index contributed by atoms with van der Waals surface area (Å²) >= 11 is 7.66. The zero-order valence-corrected chi connectivity index (χ0v) is 18.1. The van der Waals surface area contributed by atoms with Crippen LogP contribution in [0.15, 0.2) is 41.8 Å². The molecule has 1 N–H and O–H groups in total. The molecule has 0 aliphatic carbocycles. The number of allylic oxidation sites excluding steroid dienone is 1. The van der Waals surface area contributed by atoms with Gasteiger partial charge in [-0.15, -0.1) is 11.3 Å². The molecule has 2 atom stereocenters. The van der Waals surface area contributed by atoms with Crippen LogP contribution in [0.2, 0.25) is 5.02 Å². The van der Waals surface area contributed by atoms with Crippen LogP contribution in [0.5, 0.6) is 0 Å². The van der Waals surface area contributed by atoms with E-state index in [4.69, 9.17) is 11.6 Å². The normalized spacial score (nSPS) is 20.0. The molecule has 154 valence electrons. The van der Waals surface area contributed by atoms with Gasteiger partial charge in [0.05, 0.1) is 18.0 Å². The molecule has 5 nitrogen and oxygen atoms in total. The van der Waals surface area contributed by atoms with E-state index in [1.807, 2.05) is 29.7 Å². The lowest BCUT2D eigenvalue weighted by molar-refractivity contribution is -0.141. The minimum atomic E-state index is -0.947. The number of carboxylic acid groups (broad SMARTS) is 1. The van der Waals surface area contributed by atoms with E-state index in [2.05, 4.69) is 24.9 Å². The molecule has 0 unspecified atom stereocenters. The first-order valence-electron chi connectivity index (χ1n) is 9.75. The quantitative estimate of drug-likeness (QED) is 0.611. The van der Waals surface area contributed by atoms with Gasteiger partial charge < -0.3 is 5.11 Å². The van der Waals surface area contributed by atoms with Crippen molar-refractivity contribution in [2.45, 2.75) is 33.1 Å². The largest absolute Gasteiger partial charge is 0.481 e. The Morgan fingerprint density at radius 1 is 1.34 bits per heavy atom. The van der Waals surface area contributed by atoms with E-state index in [1.165, 1.54) is 11.3 Å². The van der Waals surface area contributed by atoms with E-state index in [9.17, 15) is 14.7 Å². The molecule has 0 saturated carbocycles. The fraction of sp³-hybridized carbons (Fsp3) is 0.409. The summed E-state index contributed by atoms with van der Waals surface area (Å²) in [5, 5.41) is 12.5. The Balaban J connectivity index is 1.93. The molecule has 0 bridgehead atoms. The van der Waals surface area contributed by atoms with E-state index in [0.29, 0.717) is 28.3 Å². The highest BCUT2D eigenvalue weighted by Gasteiger charge is 2.35. The smallest absolute Gasteiger partial charge is 0.304 e. The number of hydrogen-bond acceptors (Lipinski definition) is 4. The van der Waals surface area contributed by atoms with Crippen molar-refractivity contribution in [3.05, 3.63) is 46.8 Å². The Hall–Kier alpha value is -2.18. The monoisotopic (exact) mass is 432 g/mol. The van der Waals surface area contributed by atoms with Crippen molar-refractivity contribution in [2.24, 2.45) is 17.8 Å². The van der Waals surface area contributed by atoms with Gasteiger partial charge in [-0.3, -0.25) is 14.5 Å². The van der Waals surface area contributed by atoms with Crippen LogP contribution in [0.1, 0.15) is 33.1 Å². The van der Waals surface area contributed by atoms with E-state index in [1.54, 1.807) is 11.0 Å². The Kier molecular flexibility index (Phi) is 7.09. The molecule has 0 fully saturated rings. The first kappa shape index (κ1) is 21.5. The average Bonchev–Trinajstić information content (AvgIpc) is 3.13. The first-order chi connectivity index (χ1) is 13.9. The summed E-state index contributed by atoms with van der Waals surface area (Å²) in [5.41, 5.74) is 1.52. The van der Waals surface area contributed by atoms with Crippen molar-refractivity contribution >= 4 is 39.9 Å². The predicted octanol–water partition coefficient (Wildman–Crippen LogP) is 5.51. The molecule has 1 aliphatic rings. The van der Waals surface area contributed by atoms with Gasteiger partial charge in [-0.05, 0) is 30.7 Å². The number of carboxylic acids is 1. The first-order valence-corrected chi connectivity index (χ1v) is 11.0. The van der Waals surface area contributed by atoms with Crippen LogP contribution in [0.4, 0.5) is 5.13 Å². The summed E-state index contributed by atoms with van der Waals surface area (Å²) in [7, 11) is 0. The number of halogens is 1. The van der Waals surface area contributed by atoms with Gasteiger partial charge in [0.25, 0.3) is 0 Å².